The molecule has 0 atom stereocenters. The van der Waals surface area contributed by atoms with Crippen LogP contribution >= 0.6 is 0 Å². The van der Waals surface area contributed by atoms with Gasteiger partial charge in [-0.1, -0.05) is 140 Å². The van der Waals surface area contributed by atoms with Crippen LogP contribution in [0.5, 0.6) is 0 Å². The van der Waals surface area contributed by atoms with Gasteiger partial charge < -0.3 is 9.47 Å². The summed E-state index contributed by atoms with van der Waals surface area (Å²) >= 11 is 0. The van der Waals surface area contributed by atoms with E-state index in [1.807, 2.05) is 43.0 Å². The van der Waals surface area contributed by atoms with E-state index in [0.29, 0.717) is 0 Å². The predicted octanol–water partition coefficient (Wildman–Crippen LogP) is 17.0. The van der Waals surface area contributed by atoms with Crippen molar-refractivity contribution in [2.24, 2.45) is 0 Å². The molecule has 15 rings (SSSR count). The first kappa shape index (κ1) is 43.2. The number of hydrogen-bond acceptors (Lipinski definition) is 5. The molecule has 0 N–H and O–H groups in total. The topological polar surface area (TPSA) is 69.6 Å². The minimum atomic E-state index is 0.760. The van der Waals surface area contributed by atoms with Crippen molar-refractivity contribution < 1.29 is 0 Å². The Morgan fingerprint density at radius 1 is 0.316 bits per heavy atom. The highest BCUT2D eigenvalue weighted by molar-refractivity contribution is 6.13. The summed E-state index contributed by atoms with van der Waals surface area (Å²) in [7, 11) is 0. The van der Waals surface area contributed by atoms with Crippen LogP contribution in [0.25, 0.3) is 116 Å². The Labute approximate surface area is 437 Å². The molecule has 0 aliphatic carbocycles. The van der Waals surface area contributed by atoms with Gasteiger partial charge in [-0.2, -0.15) is 0 Å². The zero-order chi connectivity index (χ0) is 50.1. The van der Waals surface area contributed by atoms with Gasteiger partial charge in [0, 0.05) is 74.5 Å². The molecule has 0 radical (unpaired) electrons. The predicted molar refractivity (Wildman–Crippen MR) is 312 cm³/mol. The van der Waals surface area contributed by atoms with Crippen LogP contribution in [0.4, 0.5) is 17.1 Å². The Kier molecular flexibility index (Phi) is 10.0. The molecule has 8 nitrogen and oxygen atoms in total. The van der Waals surface area contributed by atoms with E-state index < -0.39 is 0 Å². The number of aromatic nitrogens is 7. The summed E-state index contributed by atoms with van der Waals surface area (Å²) in [6.45, 7) is 0. The standard InChI is InChI=1S/C68H44N8/c1-3-19-48(20-4-1)73(49-21-5-2-6-22-49)50-36-33-45(34-37-50)46-35-38-61-56(42-46)53-25-9-12-28-58(53)76(61)68-67(75-60-30-14-11-27-55(60)66-63(75)32-17-41-71-66)57(52-24-8-7-23-51(52)47-18-15-39-69-44-47)43-64(72-68)74-59-29-13-10-26-54(59)65-62(74)31-16-40-70-65/h1-44H. The average molecular weight is 973 g/mol. The Bertz CT molecular complexity index is 4550. The van der Waals surface area contributed by atoms with E-state index in [4.69, 9.17) is 15.0 Å². The maximum absolute atomic E-state index is 6.01. The quantitative estimate of drug-likeness (QED) is 0.144. The van der Waals surface area contributed by atoms with Crippen LogP contribution in [0.3, 0.4) is 0 Å². The van der Waals surface area contributed by atoms with Gasteiger partial charge in [0.1, 0.15) is 5.82 Å². The molecule has 0 spiro atoms. The van der Waals surface area contributed by atoms with E-state index in [0.717, 1.165) is 133 Å². The maximum Gasteiger partial charge on any atom is 0.165 e. The molecule has 0 saturated carbocycles. The second kappa shape index (κ2) is 17.7. The summed E-state index contributed by atoms with van der Waals surface area (Å²) < 4.78 is 7.05. The summed E-state index contributed by atoms with van der Waals surface area (Å²) in [6.07, 6.45) is 7.54. The fourth-order valence-corrected chi connectivity index (χ4v) is 11.5. The highest BCUT2D eigenvalue weighted by Crippen LogP contribution is 2.46. The van der Waals surface area contributed by atoms with Crippen molar-refractivity contribution in [2.45, 2.75) is 0 Å². The molecule has 7 aromatic heterocycles. The summed E-state index contributed by atoms with van der Waals surface area (Å²) in [6, 6.07) is 86.2. The first-order valence-electron chi connectivity index (χ1n) is 25.5. The van der Waals surface area contributed by atoms with Crippen molar-refractivity contribution in [2.75, 3.05) is 4.90 Å². The Balaban J connectivity index is 1.03. The monoisotopic (exact) mass is 972 g/mol. The van der Waals surface area contributed by atoms with Crippen molar-refractivity contribution in [3.8, 4) is 50.7 Å². The van der Waals surface area contributed by atoms with E-state index in [9.17, 15) is 0 Å². The van der Waals surface area contributed by atoms with Gasteiger partial charge >= 0.3 is 0 Å². The molecule has 15 aromatic rings. The van der Waals surface area contributed by atoms with Crippen LogP contribution in [0.1, 0.15) is 0 Å². The molecular weight excluding hydrogens is 929 g/mol. The molecule has 0 fully saturated rings. The lowest BCUT2D eigenvalue weighted by molar-refractivity contribution is 0.984. The molecule has 0 aliphatic rings. The van der Waals surface area contributed by atoms with Gasteiger partial charge in [0.2, 0.25) is 0 Å². The highest BCUT2D eigenvalue weighted by atomic mass is 15.2. The molecule has 0 amide bonds. The lowest BCUT2D eigenvalue weighted by Crippen LogP contribution is -2.11. The molecular formula is C68H44N8. The first-order chi connectivity index (χ1) is 37.7. The highest BCUT2D eigenvalue weighted by Gasteiger charge is 2.28. The number of anilines is 3. The molecule has 76 heavy (non-hydrogen) atoms. The first-order valence-corrected chi connectivity index (χ1v) is 25.5. The van der Waals surface area contributed by atoms with Gasteiger partial charge in [-0.3, -0.25) is 24.1 Å². The maximum atomic E-state index is 6.01. The van der Waals surface area contributed by atoms with Crippen LogP contribution in [-0.2, 0) is 0 Å². The Morgan fingerprint density at radius 2 is 0.829 bits per heavy atom. The number of nitrogens with zero attached hydrogens (tertiary/aromatic N) is 8. The number of benzene rings is 8. The minimum absolute atomic E-state index is 0.760. The summed E-state index contributed by atoms with van der Waals surface area (Å²) in [5, 5.41) is 4.35. The molecule has 8 aromatic carbocycles. The zero-order valence-electron chi connectivity index (χ0n) is 41.0. The van der Waals surface area contributed by atoms with Gasteiger partial charge in [0.05, 0.1) is 49.8 Å². The molecule has 7 heterocycles. The lowest BCUT2D eigenvalue weighted by Gasteiger charge is -2.25. The largest absolute Gasteiger partial charge is 0.311 e. The van der Waals surface area contributed by atoms with E-state index in [1.165, 1.54) is 0 Å². The Hall–Kier alpha value is -10.4. The van der Waals surface area contributed by atoms with Crippen LogP contribution < -0.4 is 4.90 Å². The average Bonchev–Trinajstić information content (AvgIpc) is 4.15. The zero-order valence-corrected chi connectivity index (χ0v) is 41.0. The lowest BCUT2D eigenvalue weighted by atomic mass is 9.94. The normalized spacial score (nSPS) is 11.7. The fraction of sp³-hybridized carbons (Fsp3) is 0. The van der Waals surface area contributed by atoms with Gasteiger partial charge in [0.25, 0.3) is 0 Å². The third-order valence-corrected chi connectivity index (χ3v) is 14.8. The molecule has 0 aliphatic heterocycles. The molecule has 0 unspecified atom stereocenters. The summed E-state index contributed by atoms with van der Waals surface area (Å²) in [5.74, 6) is 1.52. The number of para-hydroxylation sites is 5. The van der Waals surface area contributed by atoms with Gasteiger partial charge in [0.15, 0.2) is 5.82 Å². The smallest absolute Gasteiger partial charge is 0.165 e. The summed E-state index contributed by atoms with van der Waals surface area (Å²) in [5.41, 5.74) is 18.4. The molecule has 0 saturated heterocycles. The van der Waals surface area contributed by atoms with Crippen LogP contribution in [0, 0.1) is 0 Å². The van der Waals surface area contributed by atoms with Crippen molar-refractivity contribution >= 4 is 82.7 Å². The second-order valence-electron chi connectivity index (χ2n) is 19.1. The van der Waals surface area contributed by atoms with E-state index >= 15 is 0 Å². The van der Waals surface area contributed by atoms with Crippen LogP contribution in [-0.4, -0.2) is 33.6 Å². The van der Waals surface area contributed by atoms with E-state index in [2.05, 4.69) is 248 Å². The number of hydrogen-bond donors (Lipinski definition) is 0. The van der Waals surface area contributed by atoms with Gasteiger partial charge in [-0.05, 0) is 125 Å². The Morgan fingerprint density at radius 3 is 1.49 bits per heavy atom. The molecule has 356 valence electrons. The van der Waals surface area contributed by atoms with Crippen molar-refractivity contribution in [3.05, 3.63) is 267 Å². The fourth-order valence-electron chi connectivity index (χ4n) is 11.5. The van der Waals surface area contributed by atoms with Crippen molar-refractivity contribution in [1.82, 2.24) is 33.6 Å². The molecule has 8 heteroatoms. The van der Waals surface area contributed by atoms with E-state index in [-0.39, 0.29) is 0 Å². The van der Waals surface area contributed by atoms with Crippen molar-refractivity contribution in [1.29, 1.82) is 0 Å². The number of pyridine rings is 4. The van der Waals surface area contributed by atoms with Crippen LogP contribution in [0.15, 0.2) is 267 Å². The van der Waals surface area contributed by atoms with E-state index in [1.54, 1.807) is 0 Å². The SMILES string of the molecule is c1ccc(N(c2ccccc2)c2ccc(-c3ccc4c(c3)c3ccccc3n4-c3nc(-n4c5ccccc5c5ncccc54)cc(-c4ccccc4-c4cccnc4)c3-n3c4ccccc4c4ncccc43)cc2)cc1. The second-order valence-corrected chi connectivity index (χ2v) is 19.1. The summed E-state index contributed by atoms with van der Waals surface area (Å²) in [4.78, 5) is 23.0. The number of fused-ring (bicyclic) bond motifs is 9. The van der Waals surface area contributed by atoms with Gasteiger partial charge in [-0.25, -0.2) is 4.98 Å². The number of rotatable bonds is 9. The third kappa shape index (κ3) is 6.85. The molecule has 0 bridgehead atoms. The van der Waals surface area contributed by atoms with Crippen LogP contribution in [0.2, 0.25) is 0 Å². The minimum Gasteiger partial charge on any atom is -0.311 e. The third-order valence-electron chi connectivity index (χ3n) is 14.8. The van der Waals surface area contributed by atoms with Gasteiger partial charge in [-0.15, -0.1) is 0 Å². The van der Waals surface area contributed by atoms with Crippen molar-refractivity contribution in [3.63, 3.8) is 0 Å².